The normalized spacial score (nSPS) is 12.4. The summed E-state index contributed by atoms with van der Waals surface area (Å²) in [5.74, 6) is 1.55. The van der Waals surface area contributed by atoms with Gasteiger partial charge in [-0.1, -0.05) is 60.8 Å². The molecule has 2 aromatic rings. The number of fused-ring (bicyclic) bond motifs is 1. The van der Waals surface area contributed by atoms with Crippen molar-refractivity contribution >= 4 is 56.7 Å². The molecule has 2 rings (SSSR count). The molecule has 0 atom stereocenters. The van der Waals surface area contributed by atoms with Crippen molar-refractivity contribution in [2.45, 2.75) is 26.2 Å². The van der Waals surface area contributed by atoms with E-state index < -0.39 is 0 Å². The van der Waals surface area contributed by atoms with Crippen LogP contribution in [0.2, 0.25) is 0 Å². The average molecular weight is 549 g/mol. The average Bonchev–Trinajstić information content (AvgIpc) is 2.86. The number of thioether (sulfide) groups is 1. The summed E-state index contributed by atoms with van der Waals surface area (Å²) in [6, 6.07) is 3.57. The zero-order chi connectivity index (χ0) is 26.5. The number of methoxy groups -OCH3 is 1. The van der Waals surface area contributed by atoms with Crippen molar-refractivity contribution in [2.24, 2.45) is 10.7 Å². The summed E-state index contributed by atoms with van der Waals surface area (Å²) in [6.07, 6.45) is 7.46. The number of hydrogen-bond donors (Lipinski definition) is 2. The van der Waals surface area contributed by atoms with Gasteiger partial charge in [-0.25, -0.2) is 15.0 Å². The Balaban J connectivity index is 2.22. The van der Waals surface area contributed by atoms with E-state index in [1.54, 1.807) is 43.7 Å². The first kappa shape index (κ1) is 29.5. The SMILES string of the molecule is C=CSC(CCCCN)=NC(=C)COc1cc2ncnc(NC(=C)/C=C(Cl)\C(Cl)=C/C)c2cc1OC. The summed E-state index contributed by atoms with van der Waals surface area (Å²) in [7, 11) is 1.56. The molecule has 0 saturated heterocycles. The minimum absolute atomic E-state index is 0.182. The van der Waals surface area contributed by atoms with Crippen LogP contribution in [0.4, 0.5) is 5.82 Å². The molecule has 0 aliphatic rings. The number of unbranched alkanes of at least 4 members (excludes halogenated alkanes) is 1. The van der Waals surface area contributed by atoms with E-state index in [0.717, 1.165) is 24.3 Å². The van der Waals surface area contributed by atoms with Gasteiger partial charge in [-0.05, 0) is 50.3 Å². The van der Waals surface area contributed by atoms with E-state index in [2.05, 4.69) is 40.0 Å². The highest BCUT2D eigenvalue weighted by Gasteiger charge is 2.13. The molecule has 192 valence electrons. The number of benzene rings is 1. The minimum Gasteiger partial charge on any atom is -0.493 e. The largest absolute Gasteiger partial charge is 0.493 e. The summed E-state index contributed by atoms with van der Waals surface area (Å²) >= 11 is 13.7. The second-order valence-corrected chi connectivity index (χ2v) is 9.27. The molecule has 3 N–H and O–H groups in total. The molecule has 1 heterocycles. The standard InChI is InChI=1S/C26H31Cl2N5O2S/c1-6-20(27)21(28)12-17(3)33-26-19-13-23(34-5)24(14-22(19)30-16-31-26)35-15-18(4)32-25(36-7-2)10-8-9-11-29/h6-7,12-14,16H,2-4,8-11,15,29H2,1,5H3,(H,30,31,33)/b20-6+,21-12+,32-25?. The lowest BCUT2D eigenvalue weighted by Gasteiger charge is -2.14. The van der Waals surface area contributed by atoms with Gasteiger partial charge in [0.25, 0.3) is 0 Å². The van der Waals surface area contributed by atoms with Crippen molar-refractivity contribution in [1.82, 2.24) is 9.97 Å². The van der Waals surface area contributed by atoms with Crippen LogP contribution in [0.1, 0.15) is 26.2 Å². The molecular weight excluding hydrogens is 517 g/mol. The van der Waals surface area contributed by atoms with Gasteiger partial charge in [0.15, 0.2) is 11.5 Å². The number of anilines is 1. The molecule has 0 aliphatic heterocycles. The van der Waals surface area contributed by atoms with Gasteiger partial charge in [-0.15, -0.1) is 0 Å². The number of aromatic nitrogens is 2. The van der Waals surface area contributed by atoms with E-state index in [1.807, 2.05) is 0 Å². The van der Waals surface area contributed by atoms with Crippen molar-refractivity contribution < 1.29 is 9.47 Å². The molecule has 1 aromatic heterocycles. The van der Waals surface area contributed by atoms with Crippen LogP contribution in [-0.2, 0) is 0 Å². The molecule has 0 amide bonds. The van der Waals surface area contributed by atoms with Gasteiger partial charge in [0.1, 0.15) is 18.8 Å². The Kier molecular flexibility index (Phi) is 12.6. The number of ether oxygens (including phenoxy) is 2. The van der Waals surface area contributed by atoms with Crippen LogP contribution < -0.4 is 20.5 Å². The van der Waals surface area contributed by atoms with Crippen LogP contribution in [0.5, 0.6) is 11.5 Å². The molecule has 0 radical (unpaired) electrons. The number of aliphatic imine (C=N–C) groups is 1. The van der Waals surface area contributed by atoms with E-state index in [4.69, 9.17) is 38.4 Å². The Bertz CT molecular complexity index is 1190. The molecule has 0 bridgehead atoms. The maximum Gasteiger partial charge on any atom is 0.163 e. The lowest BCUT2D eigenvalue weighted by Crippen LogP contribution is -2.04. The smallest absolute Gasteiger partial charge is 0.163 e. The van der Waals surface area contributed by atoms with Crippen LogP contribution in [0.3, 0.4) is 0 Å². The van der Waals surface area contributed by atoms with Gasteiger partial charge >= 0.3 is 0 Å². The van der Waals surface area contributed by atoms with Crippen LogP contribution in [0, 0.1) is 0 Å². The number of rotatable bonds is 14. The van der Waals surface area contributed by atoms with Crippen molar-refractivity contribution in [3.8, 4) is 11.5 Å². The molecule has 0 unspecified atom stereocenters. The van der Waals surface area contributed by atoms with Crippen LogP contribution in [0.15, 0.2) is 82.2 Å². The number of nitrogens with two attached hydrogens (primary N) is 1. The zero-order valence-corrected chi connectivity index (χ0v) is 22.8. The summed E-state index contributed by atoms with van der Waals surface area (Å²) in [4.78, 5) is 13.3. The van der Waals surface area contributed by atoms with Gasteiger partial charge in [0.05, 0.1) is 33.4 Å². The molecule has 0 saturated carbocycles. The number of allylic oxidation sites excluding steroid dienone is 4. The molecular formula is C26H31Cl2N5O2S. The van der Waals surface area contributed by atoms with Gasteiger partial charge in [0, 0.05) is 17.1 Å². The Labute approximate surface area is 226 Å². The van der Waals surface area contributed by atoms with Gasteiger partial charge in [-0.3, -0.25) is 0 Å². The van der Waals surface area contributed by atoms with E-state index in [9.17, 15) is 0 Å². The molecule has 36 heavy (non-hydrogen) atoms. The predicted molar refractivity (Wildman–Crippen MR) is 155 cm³/mol. The molecule has 0 fully saturated rings. The van der Waals surface area contributed by atoms with Crippen LogP contribution in [-0.4, -0.2) is 35.3 Å². The Morgan fingerprint density at radius 3 is 2.64 bits per heavy atom. The Morgan fingerprint density at radius 1 is 1.19 bits per heavy atom. The first-order valence-electron chi connectivity index (χ1n) is 11.2. The molecule has 10 heteroatoms. The topological polar surface area (TPSA) is 94.7 Å². The van der Waals surface area contributed by atoms with Crippen molar-refractivity contribution in [1.29, 1.82) is 0 Å². The fourth-order valence-electron chi connectivity index (χ4n) is 3.01. The summed E-state index contributed by atoms with van der Waals surface area (Å²) in [6.45, 7) is 14.4. The summed E-state index contributed by atoms with van der Waals surface area (Å²) < 4.78 is 11.5. The van der Waals surface area contributed by atoms with E-state index in [0.29, 0.717) is 56.2 Å². The summed E-state index contributed by atoms with van der Waals surface area (Å²) in [5, 5.41) is 7.30. The molecule has 1 aromatic carbocycles. The lowest BCUT2D eigenvalue weighted by atomic mass is 10.2. The summed E-state index contributed by atoms with van der Waals surface area (Å²) in [5.41, 5.74) is 7.33. The van der Waals surface area contributed by atoms with E-state index in [1.165, 1.54) is 18.1 Å². The first-order valence-corrected chi connectivity index (χ1v) is 12.8. The number of hydrogen-bond acceptors (Lipinski definition) is 8. The Hall–Kier alpha value is -2.78. The fourth-order valence-corrected chi connectivity index (χ4v) is 3.94. The lowest BCUT2D eigenvalue weighted by molar-refractivity contribution is 0.319. The predicted octanol–water partition coefficient (Wildman–Crippen LogP) is 7.13. The highest BCUT2D eigenvalue weighted by Crippen LogP contribution is 2.34. The maximum atomic E-state index is 6.18. The van der Waals surface area contributed by atoms with Crippen LogP contribution >= 0.6 is 35.0 Å². The number of nitrogens with zero attached hydrogens (tertiary/aromatic N) is 3. The highest BCUT2D eigenvalue weighted by molar-refractivity contribution is 8.16. The van der Waals surface area contributed by atoms with Crippen molar-refractivity contribution in [3.63, 3.8) is 0 Å². The third-order valence-electron chi connectivity index (χ3n) is 4.72. The maximum absolute atomic E-state index is 6.18. The zero-order valence-electron chi connectivity index (χ0n) is 20.5. The van der Waals surface area contributed by atoms with Crippen molar-refractivity contribution in [2.75, 3.05) is 25.6 Å². The third kappa shape index (κ3) is 9.02. The molecule has 7 nitrogen and oxygen atoms in total. The fraction of sp³-hybridized carbons (Fsp3) is 0.269. The van der Waals surface area contributed by atoms with Gasteiger partial charge < -0.3 is 20.5 Å². The second kappa shape index (κ2) is 15.4. The minimum atomic E-state index is 0.182. The van der Waals surface area contributed by atoms with Crippen molar-refractivity contribution in [3.05, 3.63) is 77.2 Å². The Morgan fingerprint density at radius 2 is 1.97 bits per heavy atom. The number of halogens is 2. The molecule has 0 spiro atoms. The first-order chi connectivity index (χ1) is 17.3. The molecule has 0 aliphatic carbocycles. The van der Waals surface area contributed by atoms with Gasteiger partial charge in [-0.2, -0.15) is 0 Å². The highest BCUT2D eigenvalue weighted by atomic mass is 35.5. The second-order valence-electron chi connectivity index (χ2n) is 7.41. The quantitative estimate of drug-likeness (QED) is 0.112. The van der Waals surface area contributed by atoms with Crippen LogP contribution in [0.25, 0.3) is 10.9 Å². The third-order valence-corrected chi connectivity index (χ3v) is 6.29. The number of nitrogens with one attached hydrogen (secondary N) is 1. The monoisotopic (exact) mass is 547 g/mol. The van der Waals surface area contributed by atoms with E-state index >= 15 is 0 Å². The van der Waals surface area contributed by atoms with Gasteiger partial charge in [0.2, 0.25) is 0 Å². The van der Waals surface area contributed by atoms with E-state index in [-0.39, 0.29) is 6.61 Å².